The summed E-state index contributed by atoms with van der Waals surface area (Å²) in [6.45, 7) is 6.19. The summed E-state index contributed by atoms with van der Waals surface area (Å²) in [5.41, 5.74) is 7.13. The molecule has 2 atom stereocenters. The third-order valence-corrected chi connectivity index (χ3v) is 3.11. The summed E-state index contributed by atoms with van der Waals surface area (Å²) in [7, 11) is 2.12. The van der Waals surface area contributed by atoms with Crippen LogP contribution in [0.2, 0.25) is 5.02 Å². The second-order valence-electron chi connectivity index (χ2n) is 4.66. The van der Waals surface area contributed by atoms with Crippen LogP contribution >= 0.6 is 11.6 Å². The quantitative estimate of drug-likeness (QED) is 0.858. The number of hydrogen-bond acceptors (Lipinski definition) is 2. The Kier molecular flexibility index (Phi) is 5.26. The van der Waals surface area contributed by atoms with Gasteiger partial charge >= 0.3 is 0 Å². The zero-order valence-electron chi connectivity index (χ0n) is 10.3. The fourth-order valence-corrected chi connectivity index (χ4v) is 1.75. The predicted molar refractivity (Wildman–Crippen MR) is 70.6 cm³/mol. The Balaban J connectivity index is 2.45. The van der Waals surface area contributed by atoms with Crippen molar-refractivity contribution in [1.29, 1.82) is 0 Å². The molecule has 1 aromatic rings. The van der Waals surface area contributed by atoms with Gasteiger partial charge in [-0.25, -0.2) is 0 Å². The average Bonchev–Trinajstić information content (AvgIpc) is 2.21. The molecule has 0 bridgehead atoms. The molecule has 1 rings (SSSR count). The molecule has 0 saturated carbocycles. The normalized spacial score (nSPS) is 15.1. The van der Waals surface area contributed by atoms with E-state index in [-0.39, 0.29) is 6.04 Å². The SMILES string of the molecule is CC(N)C(C)CN(C)Cc1ccc(Cl)cc1. The molecule has 0 amide bonds. The Bertz CT molecular complexity index is 308. The van der Waals surface area contributed by atoms with Crippen molar-refractivity contribution in [3.05, 3.63) is 34.9 Å². The molecule has 0 aliphatic carbocycles. The van der Waals surface area contributed by atoms with Crippen LogP contribution in [0.3, 0.4) is 0 Å². The third kappa shape index (κ3) is 4.52. The van der Waals surface area contributed by atoms with Gasteiger partial charge in [0.2, 0.25) is 0 Å². The standard InChI is InChI=1S/C13H21ClN2/c1-10(11(2)15)8-16(3)9-12-4-6-13(14)7-5-12/h4-7,10-11H,8-9,15H2,1-3H3. The highest BCUT2D eigenvalue weighted by atomic mass is 35.5. The first-order chi connectivity index (χ1) is 7.49. The molecule has 2 unspecified atom stereocenters. The summed E-state index contributed by atoms with van der Waals surface area (Å²) in [5.74, 6) is 0.511. The lowest BCUT2D eigenvalue weighted by atomic mass is 10.0. The molecule has 0 aromatic heterocycles. The lowest BCUT2D eigenvalue weighted by Crippen LogP contribution is -2.34. The maximum atomic E-state index is 5.85. The Morgan fingerprint density at radius 3 is 2.31 bits per heavy atom. The highest BCUT2D eigenvalue weighted by Crippen LogP contribution is 2.12. The second-order valence-corrected chi connectivity index (χ2v) is 5.10. The molecule has 2 N–H and O–H groups in total. The van der Waals surface area contributed by atoms with Gasteiger partial charge in [-0.15, -0.1) is 0 Å². The third-order valence-electron chi connectivity index (χ3n) is 2.86. The molecular formula is C13H21ClN2. The van der Waals surface area contributed by atoms with E-state index in [0.29, 0.717) is 5.92 Å². The summed E-state index contributed by atoms with van der Waals surface area (Å²) < 4.78 is 0. The summed E-state index contributed by atoms with van der Waals surface area (Å²) in [5, 5.41) is 0.787. The molecular weight excluding hydrogens is 220 g/mol. The van der Waals surface area contributed by atoms with Crippen LogP contribution < -0.4 is 5.73 Å². The minimum Gasteiger partial charge on any atom is -0.328 e. The summed E-state index contributed by atoms with van der Waals surface area (Å²) >= 11 is 5.84. The van der Waals surface area contributed by atoms with E-state index in [2.05, 4.69) is 37.9 Å². The molecule has 0 aliphatic heterocycles. The van der Waals surface area contributed by atoms with Gasteiger partial charge in [0, 0.05) is 24.2 Å². The van der Waals surface area contributed by atoms with Gasteiger partial charge in [-0.2, -0.15) is 0 Å². The molecule has 0 heterocycles. The van der Waals surface area contributed by atoms with Crippen molar-refractivity contribution in [2.75, 3.05) is 13.6 Å². The minimum absolute atomic E-state index is 0.243. The van der Waals surface area contributed by atoms with Crippen LogP contribution in [-0.4, -0.2) is 24.5 Å². The Labute approximate surface area is 103 Å². The first-order valence-corrected chi connectivity index (χ1v) is 6.05. The number of hydrogen-bond donors (Lipinski definition) is 1. The van der Waals surface area contributed by atoms with Gasteiger partial charge in [0.25, 0.3) is 0 Å². The average molecular weight is 241 g/mol. The van der Waals surface area contributed by atoms with E-state index < -0.39 is 0 Å². The molecule has 2 nitrogen and oxygen atoms in total. The van der Waals surface area contributed by atoms with E-state index in [1.807, 2.05) is 12.1 Å². The van der Waals surface area contributed by atoms with Crippen LogP contribution in [0.25, 0.3) is 0 Å². The number of nitrogens with zero attached hydrogens (tertiary/aromatic N) is 1. The lowest BCUT2D eigenvalue weighted by molar-refractivity contribution is 0.262. The molecule has 0 aliphatic rings. The van der Waals surface area contributed by atoms with Crippen molar-refractivity contribution in [2.24, 2.45) is 11.7 Å². The maximum Gasteiger partial charge on any atom is 0.0406 e. The van der Waals surface area contributed by atoms with Crippen molar-refractivity contribution in [3.8, 4) is 0 Å². The molecule has 0 spiro atoms. The van der Waals surface area contributed by atoms with E-state index in [4.69, 9.17) is 17.3 Å². The molecule has 1 aromatic carbocycles. The lowest BCUT2D eigenvalue weighted by Gasteiger charge is -2.23. The number of benzene rings is 1. The second kappa shape index (κ2) is 6.24. The van der Waals surface area contributed by atoms with Gasteiger partial charge in [0.1, 0.15) is 0 Å². The molecule has 90 valence electrons. The van der Waals surface area contributed by atoms with Crippen LogP contribution in [0.1, 0.15) is 19.4 Å². The Morgan fingerprint density at radius 2 is 1.81 bits per heavy atom. The van der Waals surface area contributed by atoms with Crippen LogP contribution in [-0.2, 0) is 6.54 Å². The van der Waals surface area contributed by atoms with Crippen LogP contribution in [0, 0.1) is 5.92 Å². The number of rotatable bonds is 5. The largest absolute Gasteiger partial charge is 0.328 e. The van der Waals surface area contributed by atoms with E-state index in [1.165, 1.54) is 5.56 Å². The van der Waals surface area contributed by atoms with Crippen LogP contribution in [0.15, 0.2) is 24.3 Å². The van der Waals surface area contributed by atoms with Gasteiger partial charge in [0.15, 0.2) is 0 Å². The fourth-order valence-electron chi connectivity index (χ4n) is 1.62. The zero-order valence-corrected chi connectivity index (χ0v) is 11.0. The number of halogens is 1. The van der Waals surface area contributed by atoms with Crippen molar-refractivity contribution in [2.45, 2.75) is 26.4 Å². The van der Waals surface area contributed by atoms with Gasteiger partial charge in [-0.05, 0) is 37.6 Å². The monoisotopic (exact) mass is 240 g/mol. The Hall–Kier alpha value is -0.570. The van der Waals surface area contributed by atoms with Gasteiger partial charge in [-0.3, -0.25) is 0 Å². The summed E-state index contributed by atoms with van der Waals surface area (Å²) in [6, 6.07) is 8.23. The summed E-state index contributed by atoms with van der Waals surface area (Å²) in [6.07, 6.45) is 0. The molecule has 16 heavy (non-hydrogen) atoms. The van der Waals surface area contributed by atoms with Gasteiger partial charge in [0.05, 0.1) is 0 Å². The fraction of sp³-hybridized carbons (Fsp3) is 0.538. The van der Waals surface area contributed by atoms with Crippen molar-refractivity contribution in [3.63, 3.8) is 0 Å². The molecule has 0 radical (unpaired) electrons. The molecule has 3 heteroatoms. The zero-order chi connectivity index (χ0) is 12.1. The van der Waals surface area contributed by atoms with Crippen molar-refractivity contribution in [1.82, 2.24) is 4.90 Å². The predicted octanol–water partition coefficient (Wildman–Crippen LogP) is 2.76. The van der Waals surface area contributed by atoms with Gasteiger partial charge < -0.3 is 10.6 Å². The van der Waals surface area contributed by atoms with E-state index in [1.54, 1.807) is 0 Å². The van der Waals surface area contributed by atoms with E-state index in [0.717, 1.165) is 18.1 Å². The van der Waals surface area contributed by atoms with Gasteiger partial charge in [-0.1, -0.05) is 30.7 Å². The molecule has 0 fully saturated rings. The minimum atomic E-state index is 0.243. The van der Waals surface area contributed by atoms with Crippen molar-refractivity contribution >= 4 is 11.6 Å². The Morgan fingerprint density at radius 1 is 1.25 bits per heavy atom. The number of nitrogens with two attached hydrogens (primary N) is 1. The van der Waals surface area contributed by atoms with Crippen molar-refractivity contribution < 1.29 is 0 Å². The highest BCUT2D eigenvalue weighted by Gasteiger charge is 2.10. The first-order valence-electron chi connectivity index (χ1n) is 5.67. The molecule has 0 saturated heterocycles. The van der Waals surface area contributed by atoms with Crippen LogP contribution in [0.4, 0.5) is 0 Å². The highest BCUT2D eigenvalue weighted by molar-refractivity contribution is 6.30. The smallest absolute Gasteiger partial charge is 0.0406 e. The summed E-state index contributed by atoms with van der Waals surface area (Å²) in [4.78, 5) is 2.29. The topological polar surface area (TPSA) is 29.3 Å². The van der Waals surface area contributed by atoms with E-state index >= 15 is 0 Å². The van der Waals surface area contributed by atoms with E-state index in [9.17, 15) is 0 Å². The first kappa shape index (κ1) is 13.5. The maximum absolute atomic E-state index is 5.85. The van der Waals surface area contributed by atoms with Crippen LogP contribution in [0.5, 0.6) is 0 Å².